The standard InChI is InChI=1S/C14H20N2O3S/c1-3-4-10-16-12-11-15(2)14(16)19-20(17,18)13-8-6-5-7-9-13/h5-9,11-12,14H,3-4,10H2,1-2H3. The summed E-state index contributed by atoms with van der Waals surface area (Å²) < 4.78 is 29.9. The van der Waals surface area contributed by atoms with Gasteiger partial charge in [-0.15, -0.1) is 0 Å². The second-order valence-electron chi connectivity index (χ2n) is 4.74. The second-order valence-corrected chi connectivity index (χ2v) is 6.32. The van der Waals surface area contributed by atoms with Gasteiger partial charge in [0.05, 0.1) is 4.90 Å². The lowest BCUT2D eigenvalue weighted by Crippen LogP contribution is -2.40. The Morgan fingerprint density at radius 1 is 1.20 bits per heavy atom. The van der Waals surface area contributed by atoms with Crippen LogP contribution < -0.4 is 0 Å². The highest BCUT2D eigenvalue weighted by atomic mass is 32.2. The molecule has 20 heavy (non-hydrogen) atoms. The molecule has 0 bridgehead atoms. The van der Waals surface area contributed by atoms with Crippen LogP contribution in [0.2, 0.25) is 0 Å². The number of hydrogen-bond donors (Lipinski definition) is 0. The van der Waals surface area contributed by atoms with Gasteiger partial charge in [-0.3, -0.25) is 0 Å². The second kappa shape index (κ2) is 6.28. The molecule has 1 atom stereocenters. The fraction of sp³-hybridized carbons (Fsp3) is 0.429. The molecule has 110 valence electrons. The molecule has 0 spiro atoms. The summed E-state index contributed by atoms with van der Waals surface area (Å²) in [6, 6.07) is 8.21. The average molecular weight is 296 g/mol. The molecule has 1 aliphatic rings. The van der Waals surface area contributed by atoms with Crippen molar-refractivity contribution in [3.05, 3.63) is 42.7 Å². The minimum absolute atomic E-state index is 0.177. The summed E-state index contributed by atoms with van der Waals surface area (Å²) in [5.74, 6) is 0. The highest BCUT2D eigenvalue weighted by molar-refractivity contribution is 7.86. The molecule has 0 saturated carbocycles. The first-order valence-electron chi connectivity index (χ1n) is 6.69. The van der Waals surface area contributed by atoms with Crippen LogP contribution in [0.4, 0.5) is 0 Å². The minimum Gasteiger partial charge on any atom is -0.336 e. The molecule has 0 radical (unpaired) electrons. The first-order valence-corrected chi connectivity index (χ1v) is 8.10. The van der Waals surface area contributed by atoms with E-state index in [0.29, 0.717) is 0 Å². The number of nitrogens with zero attached hydrogens (tertiary/aromatic N) is 2. The molecule has 1 aromatic rings. The summed E-state index contributed by atoms with van der Waals surface area (Å²) in [4.78, 5) is 3.82. The number of hydrogen-bond acceptors (Lipinski definition) is 5. The topological polar surface area (TPSA) is 49.9 Å². The molecule has 2 rings (SSSR count). The fourth-order valence-electron chi connectivity index (χ4n) is 1.98. The Bertz CT molecular complexity index is 557. The SMILES string of the molecule is CCCCN1C=CN(C)C1OS(=O)(=O)c1ccccc1. The van der Waals surface area contributed by atoms with Crippen molar-refractivity contribution in [1.82, 2.24) is 9.80 Å². The molecule has 1 aliphatic heterocycles. The maximum Gasteiger partial charge on any atom is 0.300 e. The van der Waals surface area contributed by atoms with Crippen LogP contribution >= 0.6 is 0 Å². The van der Waals surface area contributed by atoms with Crippen LogP contribution in [0.25, 0.3) is 0 Å². The Hall–Kier alpha value is -1.53. The van der Waals surface area contributed by atoms with E-state index in [1.54, 1.807) is 30.1 Å². The third-order valence-corrected chi connectivity index (χ3v) is 4.41. The van der Waals surface area contributed by atoms with Gasteiger partial charge >= 0.3 is 0 Å². The van der Waals surface area contributed by atoms with E-state index in [2.05, 4.69) is 6.92 Å². The van der Waals surface area contributed by atoms with Crippen LogP contribution in [0.15, 0.2) is 47.6 Å². The number of benzene rings is 1. The Morgan fingerprint density at radius 2 is 1.90 bits per heavy atom. The van der Waals surface area contributed by atoms with E-state index in [0.717, 1.165) is 19.4 Å². The predicted octanol–water partition coefficient (Wildman–Crippen LogP) is 2.19. The van der Waals surface area contributed by atoms with Gasteiger partial charge in [0.15, 0.2) is 0 Å². The molecule has 0 fully saturated rings. The van der Waals surface area contributed by atoms with Crippen molar-refractivity contribution in [3.63, 3.8) is 0 Å². The maximum absolute atomic E-state index is 12.2. The smallest absolute Gasteiger partial charge is 0.300 e. The van der Waals surface area contributed by atoms with Crippen molar-refractivity contribution in [1.29, 1.82) is 0 Å². The Kier molecular flexibility index (Phi) is 4.67. The predicted molar refractivity (Wildman–Crippen MR) is 77.0 cm³/mol. The summed E-state index contributed by atoms with van der Waals surface area (Å²) >= 11 is 0. The van der Waals surface area contributed by atoms with Crippen molar-refractivity contribution >= 4 is 10.1 Å². The van der Waals surface area contributed by atoms with Gasteiger partial charge in [0.2, 0.25) is 6.35 Å². The first kappa shape index (κ1) is 14.9. The third-order valence-electron chi connectivity index (χ3n) is 3.14. The molecular weight excluding hydrogens is 276 g/mol. The third kappa shape index (κ3) is 3.32. The van der Waals surface area contributed by atoms with Gasteiger partial charge < -0.3 is 9.80 Å². The molecule has 0 aromatic heterocycles. The number of rotatable bonds is 6. The van der Waals surface area contributed by atoms with Crippen molar-refractivity contribution in [2.24, 2.45) is 0 Å². The molecule has 0 aliphatic carbocycles. The summed E-state index contributed by atoms with van der Waals surface area (Å²) in [5, 5.41) is 0. The van der Waals surface area contributed by atoms with Crippen LogP contribution in [0.5, 0.6) is 0 Å². The quantitative estimate of drug-likeness (QED) is 0.753. The van der Waals surface area contributed by atoms with Gasteiger partial charge in [0.25, 0.3) is 10.1 Å². The van der Waals surface area contributed by atoms with Crippen LogP contribution in [-0.4, -0.2) is 38.2 Å². The zero-order valence-corrected chi connectivity index (χ0v) is 12.6. The zero-order chi connectivity index (χ0) is 14.6. The maximum atomic E-state index is 12.2. The highest BCUT2D eigenvalue weighted by Crippen LogP contribution is 2.21. The monoisotopic (exact) mass is 296 g/mol. The van der Waals surface area contributed by atoms with Gasteiger partial charge in [-0.2, -0.15) is 8.42 Å². The fourth-order valence-corrected chi connectivity index (χ4v) is 3.05. The van der Waals surface area contributed by atoms with Crippen LogP contribution in [0.1, 0.15) is 19.8 Å². The Labute approximate surface area is 120 Å². The van der Waals surface area contributed by atoms with E-state index < -0.39 is 16.5 Å². The van der Waals surface area contributed by atoms with Gasteiger partial charge in [-0.05, 0) is 18.6 Å². The van der Waals surface area contributed by atoms with E-state index in [9.17, 15) is 8.42 Å². The molecule has 1 heterocycles. The molecule has 6 heteroatoms. The van der Waals surface area contributed by atoms with E-state index in [4.69, 9.17) is 4.18 Å². The lowest BCUT2D eigenvalue weighted by atomic mass is 10.3. The first-order chi connectivity index (χ1) is 9.54. The summed E-state index contributed by atoms with van der Waals surface area (Å²) in [6.45, 7) is 2.87. The minimum atomic E-state index is -3.76. The number of unbranched alkanes of at least 4 members (excludes halogenated alkanes) is 1. The lowest BCUT2D eigenvalue weighted by molar-refractivity contribution is -0.00886. The van der Waals surface area contributed by atoms with Crippen LogP contribution in [0, 0.1) is 0 Å². The average Bonchev–Trinajstić information content (AvgIpc) is 2.78. The van der Waals surface area contributed by atoms with Gasteiger partial charge in [0, 0.05) is 26.0 Å². The van der Waals surface area contributed by atoms with E-state index in [1.807, 2.05) is 17.3 Å². The largest absolute Gasteiger partial charge is 0.336 e. The molecule has 0 amide bonds. The molecular formula is C14H20N2O3S. The van der Waals surface area contributed by atoms with Crippen molar-refractivity contribution < 1.29 is 12.6 Å². The lowest BCUT2D eigenvalue weighted by Gasteiger charge is -2.29. The van der Waals surface area contributed by atoms with E-state index in [-0.39, 0.29) is 4.90 Å². The van der Waals surface area contributed by atoms with Crippen LogP contribution in [0.3, 0.4) is 0 Å². The normalized spacial score (nSPS) is 18.8. The van der Waals surface area contributed by atoms with Gasteiger partial charge in [-0.1, -0.05) is 31.5 Å². The van der Waals surface area contributed by atoms with E-state index >= 15 is 0 Å². The molecule has 0 saturated heterocycles. The molecule has 1 aromatic carbocycles. The summed E-state index contributed by atoms with van der Waals surface area (Å²) in [6.07, 6.45) is 5.11. The molecule has 5 nitrogen and oxygen atoms in total. The van der Waals surface area contributed by atoms with Crippen LogP contribution in [-0.2, 0) is 14.3 Å². The summed E-state index contributed by atoms with van der Waals surface area (Å²) in [5.41, 5.74) is 0. The highest BCUT2D eigenvalue weighted by Gasteiger charge is 2.30. The zero-order valence-electron chi connectivity index (χ0n) is 11.8. The van der Waals surface area contributed by atoms with Gasteiger partial charge in [-0.25, -0.2) is 4.18 Å². The summed E-state index contributed by atoms with van der Waals surface area (Å²) in [7, 11) is -1.96. The Morgan fingerprint density at radius 3 is 2.55 bits per heavy atom. The van der Waals surface area contributed by atoms with Crippen molar-refractivity contribution in [2.45, 2.75) is 31.0 Å². The van der Waals surface area contributed by atoms with Crippen molar-refractivity contribution in [3.8, 4) is 0 Å². The molecule has 0 N–H and O–H groups in total. The van der Waals surface area contributed by atoms with Gasteiger partial charge in [0.1, 0.15) is 0 Å². The Balaban J connectivity index is 2.11. The van der Waals surface area contributed by atoms with Crippen molar-refractivity contribution in [2.75, 3.05) is 13.6 Å². The molecule has 1 unspecified atom stereocenters. The van der Waals surface area contributed by atoms with E-state index in [1.165, 1.54) is 12.1 Å².